The summed E-state index contributed by atoms with van der Waals surface area (Å²) < 4.78 is 12.8. The molecule has 156 valence electrons. The van der Waals surface area contributed by atoms with Gasteiger partial charge in [0.2, 0.25) is 6.10 Å². The summed E-state index contributed by atoms with van der Waals surface area (Å²) in [6.07, 6.45) is 0.966. The lowest BCUT2D eigenvalue weighted by atomic mass is 10.1. The number of benzene rings is 2. The Bertz CT molecular complexity index is 1220. The number of pyridine rings is 1. The zero-order valence-corrected chi connectivity index (χ0v) is 18.1. The highest BCUT2D eigenvalue weighted by Crippen LogP contribution is 2.34. The molecular weight excluding hydrogens is 410 g/mol. The molecule has 1 amide bonds. The number of hydrogen-bond donors (Lipinski definition) is 0. The number of amides is 1. The Kier molecular flexibility index (Phi) is 5.03. The third-order valence-corrected chi connectivity index (χ3v) is 6.36. The summed E-state index contributed by atoms with van der Waals surface area (Å²) in [5.41, 5.74) is 4.03. The van der Waals surface area contributed by atoms with Crippen molar-refractivity contribution in [1.29, 1.82) is 0 Å². The second-order valence-corrected chi connectivity index (χ2v) is 8.52. The molecule has 1 unspecified atom stereocenters. The number of aryl methyl sites for hydroxylation is 2. The van der Waals surface area contributed by atoms with E-state index in [1.807, 2.05) is 36.4 Å². The molecule has 31 heavy (non-hydrogen) atoms. The summed E-state index contributed by atoms with van der Waals surface area (Å²) in [7, 11) is 0. The van der Waals surface area contributed by atoms with Gasteiger partial charge in [0.1, 0.15) is 6.61 Å². The van der Waals surface area contributed by atoms with Gasteiger partial charge >= 0.3 is 0 Å². The van der Waals surface area contributed by atoms with Crippen molar-refractivity contribution >= 4 is 32.6 Å². The summed E-state index contributed by atoms with van der Waals surface area (Å²) in [5, 5.41) is 0.623. The molecule has 1 aliphatic heterocycles. The fourth-order valence-corrected chi connectivity index (χ4v) is 4.54. The minimum atomic E-state index is -0.755. The number of rotatable bonds is 4. The standard InChI is InChI=1S/C24H21N3O3S/c1-15-11-18-22(12-16(15)2)31-24(26-18)27(13-17-7-5-6-10-25-17)23(28)21-14-29-19-8-3-4-9-20(19)30-21/h3-12,21H,13-14H2,1-2H3. The van der Waals surface area contributed by atoms with Crippen LogP contribution in [0.5, 0.6) is 11.5 Å². The normalized spacial score (nSPS) is 15.1. The van der Waals surface area contributed by atoms with Crippen molar-refractivity contribution in [3.63, 3.8) is 0 Å². The van der Waals surface area contributed by atoms with Gasteiger partial charge in [-0.15, -0.1) is 0 Å². The Balaban J connectivity index is 1.51. The first-order valence-corrected chi connectivity index (χ1v) is 10.9. The van der Waals surface area contributed by atoms with E-state index in [1.54, 1.807) is 17.2 Å². The van der Waals surface area contributed by atoms with Crippen LogP contribution in [0, 0.1) is 13.8 Å². The molecule has 3 heterocycles. The number of aromatic nitrogens is 2. The number of para-hydroxylation sites is 2. The summed E-state index contributed by atoms with van der Waals surface area (Å²) in [6.45, 7) is 4.60. The fraction of sp³-hybridized carbons (Fsp3) is 0.208. The molecule has 0 saturated heterocycles. The van der Waals surface area contributed by atoms with Gasteiger partial charge in [-0.3, -0.25) is 14.7 Å². The van der Waals surface area contributed by atoms with Gasteiger partial charge in [-0.2, -0.15) is 0 Å². The summed E-state index contributed by atoms with van der Waals surface area (Å²) in [6, 6.07) is 17.2. The quantitative estimate of drug-likeness (QED) is 0.469. The highest BCUT2D eigenvalue weighted by Gasteiger charge is 2.33. The minimum absolute atomic E-state index is 0.150. The van der Waals surface area contributed by atoms with E-state index in [0.717, 1.165) is 15.9 Å². The van der Waals surface area contributed by atoms with E-state index in [4.69, 9.17) is 14.5 Å². The number of hydrogen-bond acceptors (Lipinski definition) is 6. The maximum atomic E-state index is 13.6. The van der Waals surface area contributed by atoms with Crippen LogP contribution in [0.15, 0.2) is 60.8 Å². The number of nitrogens with zero attached hydrogens (tertiary/aromatic N) is 3. The Labute approximate surface area is 184 Å². The van der Waals surface area contributed by atoms with Crippen LogP contribution in [-0.4, -0.2) is 28.6 Å². The SMILES string of the molecule is Cc1cc2nc(N(Cc3ccccn3)C(=O)C3COc4ccccc4O3)sc2cc1C. The molecule has 0 radical (unpaired) electrons. The third kappa shape index (κ3) is 3.84. The highest BCUT2D eigenvalue weighted by molar-refractivity contribution is 7.22. The van der Waals surface area contributed by atoms with E-state index >= 15 is 0 Å². The van der Waals surface area contributed by atoms with Gasteiger partial charge < -0.3 is 9.47 Å². The predicted molar refractivity (Wildman–Crippen MR) is 121 cm³/mol. The molecule has 6 nitrogen and oxygen atoms in total. The predicted octanol–water partition coefficient (Wildman–Crippen LogP) is 4.68. The zero-order valence-electron chi connectivity index (χ0n) is 17.2. The molecule has 0 N–H and O–H groups in total. The molecule has 0 fully saturated rings. The van der Waals surface area contributed by atoms with Crippen LogP contribution in [0.1, 0.15) is 16.8 Å². The van der Waals surface area contributed by atoms with Crippen molar-refractivity contribution < 1.29 is 14.3 Å². The average Bonchev–Trinajstić information content (AvgIpc) is 3.20. The van der Waals surface area contributed by atoms with Crippen molar-refractivity contribution in [2.45, 2.75) is 26.5 Å². The first kappa shape index (κ1) is 19.5. The van der Waals surface area contributed by atoms with Crippen LogP contribution >= 0.6 is 11.3 Å². The van der Waals surface area contributed by atoms with Crippen molar-refractivity contribution in [1.82, 2.24) is 9.97 Å². The summed E-state index contributed by atoms with van der Waals surface area (Å²) >= 11 is 1.50. The first-order valence-electron chi connectivity index (χ1n) is 10.1. The van der Waals surface area contributed by atoms with E-state index in [-0.39, 0.29) is 12.5 Å². The molecule has 5 rings (SSSR count). The Hall–Kier alpha value is -3.45. The average molecular weight is 432 g/mol. The lowest BCUT2D eigenvalue weighted by Gasteiger charge is -2.29. The molecule has 0 aliphatic carbocycles. The summed E-state index contributed by atoms with van der Waals surface area (Å²) in [4.78, 5) is 24.4. The van der Waals surface area contributed by atoms with Gasteiger partial charge in [-0.1, -0.05) is 29.5 Å². The number of carbonyl (C=O) groups excluding carboxylic acids is 1. The van der Waals surface area contributed by atoms with Crippen molar-refractivity contribution in [3.8, 4) is 11.5 Å². The zero-order chi connectivity index (χ0) is 21.4. The highest BCUT2D eigenvalue weighted by atomic mass is 32.1. The Morgan fingerprint density at radius 3 is 2.68 bits per heavy atom. The van der Waals surface area contributed by atoms with E-state index in [9.17, 15) is 4.79 Å². The van der Waals surface area contributed by atoms with E-state index < -0.39 is 6.10 Å². The van der Waals surface area contributed by atoms with Crippen LogP contribution in [0.3, 0.4) is 0 Å². The largest absolute Gasteiger partial charge is 0.485 e. The van der Waals surface area contributed by atoms with Crippen molar-refractivity contribution in [3.05, 3.63) is 77.6 Å². The van der Waals surface area contributed by atoms with Crippen LogP contribution < -0.4 is 14.4 Å². The lowest BCUT2D eigenvalue weighted by molar-refractivity contribution is -0.127. The lowest BCUT2D eigenvalue weighted by Crippen LogP contribution is -2.46. The van der Waals surface area contributed by atoms with Crippen LogP contribution in [-0.2, 0) is 11.3 Å². The Morgan fingerprint density at radius 2 is 1.87 bits per heavy atom. The second-order valence-electron chi connectivity index (χ2n) is 7.51. The number of ether oxygens (including phenoxy) is 2. The van der Waals surface area contributed by atoms with Crippen molar-refractivity contribution in [2.24, 2.45) is 0 Å². The van der Waals surface area contributed by atoms with Gasteiger partial charge in [-0.25, -0.2) is 4.98 Å². The first-order chi connectivity index (χ1) is 15.1. The van der Waals surface area contributed by atoms with Gasteiger partial charge in [0, 0.05) is 6.20 Å². The third-order valence-electron chi connectivity index (χ3n) is 5.32. The number of carbonyl (C=O) groups is 1. The Morgan fingerprint density at radius 1 is 1.10 bits per heavy atom. The number of anilines is 1. The molecule has 0 saturated carbocycles. The van der Waals surface area contributed by atoms with Gasteiger partial charge in [0.15, 0.2) is 16.6 Å². The molecule has 4 aromatic rings. The number of fused-ring (bicyclic) bond motifs is 2. The van der Waals surface area contributed by atoms with E-state index in [2.05, 4.69) is 31.0 Å². The van der Waals surface area contributed by atoms with E-state index in [0.29, 0.717) is 23.2 Å². The molecule has 2 aromatic carbocycles. The maximum Gasteiger partial charge on any atom is 0.273 e. The smallest absolute Gasteiger partial charge is 0.273 e. The van der Waals surface area contributed by atoms with Gasteiger partial charge in [-0.05, 0) is 61.4 Å². The van der Waals surface area contributed by atoms with Gasteiger partial charge in [0.25, 0.3) is 5.91 Å². The van der Waals surface area contributed by atoms with Crippen LogP contribution in [0.25, 0.3) is 10.2 Å². The molecule has 1 aliphatic rings. The molecule has 2 aromatic heterocycles. The monoisotopic (exact) mass is 431 g/mol. The van der Waals surface area contributed by atoms with Crippen molar-refractivity contribution in [2.75, 3.05) is 11.5 Å². The maximum absolute atomic E-state index is 13.6. The van der Waals surface area contributed by atoms with Crippen LogP contribution in [0.4, 0.5) is 5.13 Å². The topological polar surface area (TPSA) is 64.6 Å². The van der Waals surface area contributed by atoms with Crippen LogP contribution in [0.2, 0.25) is 0 Å². The van der Waals surface area contributed by atoms with Gasteiger partial charge in [0.05, 0.1) is 22.5 Å². The number of thiazole rings is 1. The second kappa shape index (κ2) is 8.00. The summed E-state index contributed by atoms with van der Waals surface area (Å²) in [5.74, 6) is 1.02. The molecule has 0 bridgehead atoms. The fourth-order valence-electron chi connectivity index (χ4n) is 3.49. The minimum Gasteiger partial charge on any atom is -0.485 e. The molecular formula is C24H21N3O3S. The van der Waals surface area contributed by atoms with E-state index in [1.165, 1.54) is 22.5 Å². The molecule has 1 atom stereocenters. The molecule has 7 heteroatoms. The molecule has 0 spiro atoms.